The van der Waals surface area contributed by atoms with Gasteiger partial charge in [0.2, 0.25) is 0 Å². The zero-order valence-corrected chi connectivity index (χ0v) is 10.8. The first-order valence-electron chi connectivity index (χ1n) is 6.15. The van der Waals surface area contributed by atoms with Crippen molar-refractivity contribution in [2.75, 3.05) is 13.6 Å². The molecule has 92 valence electrons. The molecule has 2 rings (SSSR count). The lowest BCUT2D eigenvalue weighted by molar-refractivity contribution is 0.0993. The summed E-state index contributed by atoms with van der Waals surface area (Å²) in [6, 6.07) is 6.65. The van der Waals surface area contributed by atoms with Crippen molar-refractivity contribution in [3.05, 3.63) is 34.9 Å². The molecule has 1 aromatic carbocycles. The van der Waals surface area contributed by atoms with E-state index >= 15 is 0 Å². The highest BCUT2D eigenvalue weighted by Gasteiger charge is 2.21. The predicted molar refractivity (Wildman–Crippen MR) is 69.1 cm³/mol. The number of Topliss-reactive ketones (excluding diaryl/α,β-unsaturated/α-hetero) is 1. The van der Waals surface area contributed by atoms with Crippen molar-refractivity contribution in [3.8, 4) is 0 Å². The molecular formula is C14H20N2O. The van der Waals surface area contributed by atoms with Crippen LogP contribution in [0.25, 0.3) is 0 Å². The van der Waals surface area contributed by atoms with Crippen LogP contribution in [0.2, 0.25) is 0 Å². The van der Waals surface area contributed by atoms with E-state index in [1.165, 1.54) is 11.1 Å². The molecule has 0 aliphatic carbocycles. The van der Waals surface area contributed by atoms with Gasteiger partial charge in [-0.25, -0.2) is 0 Å². The number of hydrogen-bond donors (Lipinski definition) is 1. The van der Waals surface area contributed by atoms with Gasteiger partial charge in [0.05, 0.1) is 6.54 Å². The van der Waals surface area contributed by atoms with Gasteiger partial charge in [0.1, 0.15) is 0 Å². The summed E-state index contributed by atoms with van der Waals surface area (Å²) in [5.74, 6) is 0.165. The fourth-order valence-corrected chi connectivity index (χ4v) is 2.22. The highest BCUT2D eigenvalue weighted by Crippen LogP contribution is 2.25. The second-order valence-electron chi connectivity index (χ2n) is 4.94. The number of rotatable bonds is 4. The van der Waals surface area contributed by atoms with Crippen LogP contribution in [0.5, 0.6) is 0 Å². The molecule has 0 amide bonds. The normalized spacial score (nSPS) is 15.3. The molecule has 3 heteroatoms. The molecule has 1 aromatic rings. The van der Waals surface area contributed by atoms with Gasteiger partial charge in [-0.3, -0.25) is 9.69 Å². The summed E-state index contributed by atoms with van der Waals surface area (Å²) in [5, 5.41) is 2.90. The van der Waals surface area contributed by atoms with Crippen LogP contribution in [0, 0.1) is 0 Å². The Morgan fingerprint density at radius 2 is 2.06 bits per heavy atom. The number of ketones is 1. The average Bonchev–Trinajstić information content (AvgIpc) is 2.71. The molecule has 0 unspecified atom stereocenters. The summed E-state index contributed by atoms with van der Waals surface area (Å²) < 4.78 is 0. The number of fused-ring (bicyclic) bond motifs is 1. The molecule has 17 heavy (non-hydrogen) atoms. The Balaban J connectivity index is 2.18. The Labute approximate surface area is 103 Å². The Bertz CT molecular complexity index is 426. The van der Waals surface area contributed by atoms with Crippen LogP contribution in [0.3, 0.4) is 0 Å². The van der Waals surface area contributed by atoms with Crippen molar-refractivity contribution in [2.24, 2.45) is 0 Å². The average molecular weight is 232 g/mol. The number of nitrogens with zero attached hydrogens (tertiary/aromatic N) is 1. The van der Waals surface area contributed by atoms with Gasteiger partial charge in [0.25, 0.3) is 0 Å². The van der Waals surface area contributed by atoms with Gasteiger partial charge in [-0.05, 0) is 38.1 Å². The number of carbonyl (C=O) groups is 1. The van der Waals surface area contributed by atoms with Crippen LogP contribution in [0.1, 0.15) is 35.3 Å². The van der Waals surface area contributed by atoms with Crippen molar-refractivity contribution in [3.63, 3.8) is 0 Å². The fraction of sp³-hybridized carbons (Fsp3) is 0.500. The highest BCUT2D eigenvalue weighted by atomic mass is 16.1. The van der Waals surface area contributed by atoms with Crippen molar-refractivity contribution in [2.45, 2.75) is 33.0 Å². The van der Waals surface area contributed by atoms with Gasteiger partial charge in [-0.2, -0.15) is 0 Å². The maximum absolute atomic E-state index is 11.8. The molecule has 0 saturated carbocycles. The smallest absolute Gasteiger partial charge is 0.176 e. The van der Waals surface area contributed by atoms with E-state index in [0.29, 0.717) is 12.6 Å². The number of likely N-dealkylation sites (N-methyl/N-ethyl adjacent to an activating group) is 1. The lowest BCUT2D eigenvalue weighted by Crippen LogP contribution is -2.24. The zero-order chi connectivity index (χ0) is 12.4. The van der Waals surface area contributed by atoms with E-state index in [0.717, 1.165) is 18.7 Å². The summed E-state index contributed by atoms with van der Waals surface area (Å²) >= 11 is 0. The summed E-state index contributed by atoms with van der Waals surface area (Å²) in [6.07, 6.45) is 0. The molecule has 0 atom stereocenters. The van der Waals surface area contributed by atoms with E-state index in [1.54, 1.807) is 7.05 Å². The van der Waals surface area contributed by atoms with Crippen molar-refractivity contribution in [1.29, 1.82) is 0 Å². The lowest BCUT2D eigenvalue weighted by Gasteiger charge is -2.18. The maximum Gasteiger partial charge on any atom is 0.176 e. The molecular weight excluding hydrogens is 212 g/mol. The van der Waals surface area contributed by atoms with Gasteiger partial charge in [-0.1, -0.05) is 12.1 Å². The molecule has 1 heterocycles. The molecule has 1 aliphatic rings. The third kappa shape index (κ3) is 2.56. The van der Waals surface area contributed by atoms with E-state index in [4.69, 9.17) is 0 Å². The summed E-state index contributed by atoms with van der Waals surface area (Å²) in [4.78, 5) is 14.2. The summed E-state index contributed by atoms with van der Waals surface area (Å²) in [7, 11) is 1.80. The van der Waals surface area contributed by atoms with Gasteiger partial charge in [0, 0.05) is 24.7 Å². The first-order valence-corrected chi connectivity index (χ1v) is 6.15. The standard InChI is InChI=1S/C14H20N2O/c1-10(2)16-8-12-5-4-11(6-13(12)9-16)14(17)7-15-3/h4-6,10,15H,7-9H2,1-3H3. The number of nitrogens with one attached hydrogen (secondary N) is 1. The minimum absolute atomic E-state index is 0.165. The van der Waals surface area contributed by atoms with Crippen molar-refractivity contribution in [1.82, 2.24) is 10.2 Å². The van der Waals surface area contributed by atoms with Crippen LogP contribution in [-0.4, -0.2) is 30.3 Å². The Morgan fingerprint density at radius 1 is 1.35 bits per heavy atom. The molecule has 0 spiro atoms. The minimum Gasteiger partial charge on any atom is -0.313 e. The largest absolute Gasteiger partial charge is 0.313 e. The van der Waals surface area contributed by atoms with E-state index in [-0.39, 0.29) is 5.78 Å². The van der Waals surface area contributed by atoms with E-state index in [9.17, 15) is 4.79 Å². The number of benzene rings is 1. The molecule has 0 saturated heterocycles. The SMILES string of the molecule is CNCC(=O)c1ccc2c(c1)CN(C(C)C)C2. The maximum atomic E-state index is 11.8. The van der Waals surface area contributed by atoms with E-state index < -0.39 is 0 Å². The molecule has 1 aliphatic heterocycles. The second-order valence-corrected chi connectivity index (χ2v) is 4.94. The zero-order valence-electron chi connectivity index (χ0n) is 10.8. The number of hydrogen-bond acceptors (Lipinski definition) is 3. The Kier molecular flexibility index (Phi) is 3.60. The number of carbonyl (C=O) groups excluding carboxylic acids is 1. The Morgan fingerprint density at radius 3 is 2.71 bits per heavy atom. The lowest BCUT2D eigenvalue weighted by atomic mass is 10.0. The van der Waals surface area contributed by atoms with E-state index in [2.05, 4.69) is 36.2 Å². The topological polar surface area (TPSA) is 32.3 Å². The Hall–Kier alpha value is -1.19. The highest BCUT2D eigenvalue weighted by molar-refractivity contribution is 5.97. The molecule has 0 aromatic heterocycles. The first-order chi connectivity index (χ1) is 8.11. The van der Waals surface area contributed by atoms with Gasteiger partial charge in [0.15, 0.2) is 5.78 Å². The van der Waals surface area contributed by atoms with Crippen LogP contribution in [0.15, 0.2) is 18.2 Å². The monoisotopic (exact) mass is 232 g/mol. The van der Waals surface area contributed by atoms with E-state index in [1.807, 2.05) is 6.07 Å². The van der Waals surface area contributed by atoms with Gasteiger partial charge in [-0.15, -0.1) is 0 Å². The molecule has 1 N–H and O–H groups in total. The summed E-state index contributed by atoms with van der Waals surface area (Å²) in [6.45, 7) is 6.80. The second kappa shape index (κ2) is 4.98. The first kappa shape index (κ1) is 12.3. The van der Waals surface area contributed by atoms with Gasteiger partial charge < -0.3 is 5.32 Å². The minimum atomic E-state index is 0.165. The predicted octanol–water partition coefficient (Wildman–Crippen LogP) is 1.81. The fourth-order valence-electron chi connectivity index (χ4n) is 2.22. The molecule has 0 bridgehead atoms. The van der Waals surface area contributed by atoms with Crippen LogP contribution in [-0.2, 0) is 13.1 Å². The van der Waals surface area contributed by atoms with Crippen LogP contribution >= 0.6 is 0 Å². The third-order valence-electron chi connectivity index (χ3n) is 3.34. The molecule has 0 radical (unpaired) electrons. The third-order valence-corrected chi connectivity index (χ3v) is 3.34. The molecule has 3 nitrogen and oxygen atoms in total. The van der Waals surface area contributed by atoms with Crippen LogP contribution in [0.4, 0.5) is 0 Å². The summed E-state index contributed by atoms with van der Waals surface area (Å²) in [5.41, 5.74) is 3.49. The van der Waals surface area contributed by atoms with Crippen molar-refractivity contribution >= 4 is 5.78 Å². The quantitative estimate of drug-likeness (QED) is 0.804. The van der Waals surface area contributed by atoms with Gasteiger partial charge >= 0.3 is 0 Å². The van der Waals surface area contributed by atoms with Crippen molar-refractivity contribution < 1.29 is 4.79 Å². The molecule has 0 fully saturated rings. The van der Waals surface area contributed by atoms with Crippen LogP contribution < -0.4 is 5.32 Å².